The molecule has 168 valence electrons. The minimum Gasteiger partial charge on any atom is -0.361 e. The van der Waals surface area contributed by atoms with E-state index in [2.05, 4.69) is 46.4 Å². The summed E-state index contributed by atoms with van der Waals surface area (Å²) >= 11 is 10.1. The van der Waals surface area contributed by atoms with Crippen molar-refractivity contribution in [2.75, 3.05) is 12.4 Å². The van der Waals surface area contributed by atoms with Crippen LogP contribution in [0.1, 0.15) is 16.7 Å². The summed E-state index contributed by atoms with van der Waals surface area (Å²) in [5.41, 5.74) is 4.82. The van der Waals surface area contributed by atoms with E-state index in [4.69, 9.17) is 11.6 Å². The molecule has 4 rings (SSSR count). The van der Waals surface area contributed by atoms with E-state index < -0.39 is 11.7 Å². The summed E-state index contributed by atoms with van der Waals surface area (Å²) < 4.78 is 35.8. The number of benzene rings is 3. The summed E-state index contributed by atoms with van der Waals surface area (Å²) in [6, 6.07) is 17.1. The van der Waals surface area contributed by atoms with Gasteiger partial charge >= 0.3 is 6.18 Å². The van der Waals surface area contributed by atoms with Crippen LogP contribution in [0.25, 0.3) is 10.9 Å². The van der Waals surface area contributed by atoms with Crippen LogP contribution < -0.4 is 10.6 Å². The second-order valence-electron chi connectivity index (χ2n) is 7.26. The van der Waals surface area contributed by atoms with Crippen molar-refractivity contribution in [2.45, 2.75) is 24.5 Å². The highest BCUT2D eigenvalue weighted by Crippen LogP contribution is 2.30. The Bertz CT molecular complexity index is 1200. The number of aryl methyl sites for hydroxylation is 1. The second kappa shape index (κ2) is 10.3. The maximum atomic E-state index is 11.9. The smallest absolute Gasteiger partial charge is 0.361 e. The number of thiol groups is 1. The standard InChI is InChI=1S/C17H18ClN3.C7H5F3S/c1-11-3-6-16(15(18)7-11)21-13-4-5-14-12(9-19-2)10-20-17(14)8-13;8-7(9,10)5-2-1-3-6(11)4-5/h3-8,10,19-21H,9H2,1-2H3;1-4,11H. The molecule has 0 aliphatic rings. The Hall–Kier alpha value is -2.61. The van der Waals surface area contributed by atoms with E-state index in [9.17, 15) is 13.2 Å². The third-order valence-corrected chi connectivity index (χ3v) is 5.30. The summed E-state index contributed by atoms with van der Waals surface area (Å²) in [6.45, 7) is 2.89. The third-order valence-electron chi connectivity index (χ3n) is 4.71. The number of halogens is 4. The lowest BCUT2D eigenvalue weighted by Crippen LogP contribution is -2.03. The van der Waals surface area contributed by atoms with Crippen molar-refractivity contribution in [3.63, 3.8) is 0 Å². The van der Waals surface area contributed by atoms with Crippen molar-refractivity contribution in [2.24, 2.45) is 0 Å². The number of alkyl halides is 3. The number of fused-ring (bicyclic) bond motifs is 1. The molecule has 3 nitrogen and oxygen atoms in total. The average Bonchev–Trinajstić information content (AvgIpc) is 3.12. The van der Waals surface area contributed by atoms with Gasteiger partial charge in [0.15, 0.2) is 0 Å². The molecule has 3 N–H and O–H groups in total. The van der Waals surface area contributed by atoms with Gasteiger partial charge in [-0.05, 0) is 67.6 Å². The molecular formula is C24H23ClF3N3S. The Kier molecular flexibility index (Phi) is 7.77. The molecule has 0 unspecified atom stereocenters. The normalized spacial score (nSPS) is 11.2. The van der Waals surface area contributed by atoms with Crippen LogP contribution in [0, 0.1) is 6.92 Å². The lowest BCUT2D eigenvalue weighted by Gasteiger charge is -2.09. The van der Waals surface area contributed by atoms with Crippen molar-refractivity contribution in [1.29, 1.82) is 0 Å². The molecule has 0 atom stereocenters. The molecule has 0 fully saturated rings. The number of anilines is 2. The Morgan fingerprint density at radius 2 is 1.81 bits per heavy atom. The average molecular weight is 478 g/mol. The highest BCUT2D eigenvalue weighted by Gasteiger charge is 2.30. The molecule has 4 aromatic rings. The fraction of sp³-hybridized carbons (Fsp3) is 0.167. The number of hydrogen-bond acceptors (Lipinski definition) is 3. The zero-order valence-electron chi connectivity index (χ0n) is 17.5. The van der Waals surface area contributed by atoms with Crippen LogP contribution in [-0.4, -0.2) is 12.0 Å². The summed E-state index contributed by atoms with van der Waals surface area (Å²) in [5.74, 6) is 0. The first-order chi connectivity index (χ1) is 15.2. The van der Waals surface area contributed by atoms with Crippen molar-refractivity contribution >= 4 is 46.5 Å². The number of rotatable bonds is 4. The zero-order chi connectivity index (χ0) is 23.3. The number of nitrogens with one attached hydrogen (secondary N) is 3. The van der Waals surface area contributed by atoms with Crippen molar-refractivity contribution in [3.8, 4) is 0 Å². The van der Waals surface area contributed by atoms with Crippen molar-refractivity contribution < 1.29 is 13.2 Å². The van der Waals surface area contributed by atoms with Gasteiger partial charge in [0, 0.05) is 34.2 Å². The lowest BCUT2D eigenvalue weighted by atomic mass is 10.1. The Labute approximate surface area is 195 Å². The van der Waals surface area contributed by atoms with Gasteiger partial charge in [0.2, 0.25) is 0 Å². The zero-order valence-corrected chi connectivity index (χ0v) is 19.2. The first-order valence-corrected chi connectivity index (χ1v) is 10.6. The maximum absolute atomic E-state index is 11.9. The van der Waals surface area contributed by atoms with Gasteiger partial charge in [-0.15, -0.1) is 12.6 Å². The third kappa shape index (κ3) is 6.22. The van der Waals surface area contributed by atoms with Crippen LogP contribution in [0.5, 0.6) is 0 Å². The van der Waals surface area contributed by atoms with Crippen LogP contribution in [0.4, 0.5) is 24.5 Å². The summed E-state index contributed by atoms with van der Waals surface area (Å²) in [6.07, 6.45) is -2.22. The highest BCUT2D eigenvalue weighted by atomic mass is 35.5. The first kappa shape index (κ1) is 24.0. The maximum Gasteiger partial charge on any atom is 0.416 e. The van der Waals surface area contributed by atoms with Crippen LogP contribution in [-0.2, 0) is 12.7 Å². The van der Waals surface area contributed by atoms with Crippen LogP contribution >= 0.6 is 24.2 Å². The van der Waals surface area contributed by atoms with E-state index in [0.717, 1.165) is 46.2 Å². The molecular weight excluding hydrogens is 455 g/mol. The van der Waals surface area contributed by atoms with Crippen molar-refractivity contribution in [3.05, 3.63) is 88.6 Å². The summed E-state index contributed by atoms with van der Waals surface area (Å²) in [4.78, 5) is 3.63. The molecule has 0 aliphatic carbocycles. The van der Waals surface area contributed by atoms with Crippen LogP contribution in [0.3, 0.4) is 0 Å². The fourth-order valence-electron chi connectivity index (χ4n) is 3.16. The van der Waals surface area contributed by atoms with Crippen LogP contribution in [0.15, 0.2) is 71.8 Å². The van der Waals surface area contributed by atoms with Gasteiger partial charge in [0.25, 0.3) is 0 Å². The number of aromatic nitrogens is 1. The Morgan fingerprint density at radius 1 is 1.03 bits per heavy atom. The molecule has 0 saturated carbocycles. The second-order valence-corrected chi connectivity index (χ2v) is 8.18. The molecule has 1 heterocycles. The fourth-order valence-corrected chi connectivity index (χ4v) is 3.67. The Morgan fingerprint density at radius 3 is 2.44 bits per heavy atom. The topological polar surface area (TPSA) is 39.9 Å². The largest absolute Gasteiger partial charge is 0.416 e. The molecule has 3 aromatic carbocycles. The number of hydrogen-bond donors (Lipinski definition) is 4. The molecule has 0 spiro atoms. The molecule has 8 heteroatoms. The molecule has 0 amide bonds. The van der Waals surface area contributed by atoms with Gasteiger partial charge in [-0.25, -0.2) is 0 Å². The molecule has 1 aromatic heterocycles. The number of H-pyrrole nitrogens is 1. The predicted molar refractivity (Wildman–Crippen MR) is 129 cm³/mol. The quantitative estimate of drug-likeness (QED) is 0.229. The summed E-state index contributed by atoms with van der Waals surface area (Å²) in [7, 11) is 1.95. The minimum atomic E-state index is -4.27. The van der Waals surface area contributed by atoms with Crippen molar-refractivity contribution in [1.82, 2.24) is 10.3 Å². The van der Waals surface area contributed by atoms with E-state index in [1.807, 2.05) is 38.4 Å². The van der Waals surface area contributed by atoms with Gasteiger partial charge in [-0.2, -0.15) is 13.2 Å². The van der Waals surface area contributed by atoms with E-state index in [1.54, 1.807) is 0 Å². The predicted octanol–water partition coefficient (Wildman–Crippen LogP) is 7.59. The van der Waals surface area contributed by atoms with Gasteiger partial charge in [0.05, 0.1) is 16.3 Å². The highest BCUT2D eigenvalue weighted by molar-refractivity contribution is 7.80. The molecule has 0 radical (unpaired) electrons. The lowest BCUT2D eigenvalue weighted by molar-refractivity contribution is -0.137. The van der Waals surface area contributed by atoms with E-state index in [1.165, 1.54) is 23.1 Å². The van der Waals surface area contributed by atoms with E-state index in [-0.39, 0.29) is 0 Å². The molecule has 0 bridgehead atoms. The van der Waals surface area contributed by atoms with Gasteiger partial charge < -0.3 is 15.6 Å². The molecule has 0 aliphatic heterocycles. The van der Waals surface area contributed by atoms with Crippen LogP contribution in [0.2, 0.25) is 5.02 Å². The van der Waals surface area contributed by atoms with Gasteiger partial charge in [-0.1, -0.05) is 29.8 Å². The van der Waals surface area contributed by atoms with Gasteiger partial charge in [-0.3, -0.25) is 0 Å². The molecule has 32 heavy (non-hydrogen) atoms. The Balaban J connectivity index is 0.000000222. The number of aromatic amines is 1. The van der Waals surface area contributed by atoms with E-state index >= 15 is 0 Å². The SMILES string of the molecule is CNCc1c[nH]c2cc(Nc3ccc(C)cc3Cl)ccc12.FC(F)(F)c1cccc(S)c1. The monoisotopic (exact) mass is 477 g/mol. The first-order valence-electron chi connectivity index (χ1n) is 9.81. The minimum absolute atomic E-state index is 0.319. The summed E-state index contributed by atoms with van der Waals surface area (Å²) in [5, 5.41) is 8.52. The molecule has 0 saturated heterocycles. The van der Waals surface area contributed by atoms with E-state index in [0.29, 0.717) is 4.90 Å². The van der Waals surface area contributed by atoms with Gasteiger partial charge in [0.1, 0.15) is 0 Å².